The number of hydrogen-bond acceptors (Lipinski definition) is 4. The van der Waals surface area contributed by atoms with Gasteiger partial charge in [0.05, 0.1) is 13.7 Å². The molecule has 2 N–H and O–H groups in total. The molecule has 0 spiro atoms. The summed E-state index contributed by atoms with van der Waals surface area (Å²) in [4.78, 5) is 11.9. The molecule has 2 rings (SSSR count). The Labute approximate surface area is 112 Å². The van der Waals surface area contributed by atoms with Crippen molar-refractivity contribution in [1.29, 1.82) is 0 Å². The van der Waals surface area contributed by atoms with E-state index in [-0.39, 0.29) is 11.7 Å². The van der Waals surface area contributed by atoms with Crippen molar-refractivity contribution in [3.63, 3.8) is 0 Å². The highest BCUT2D eigenvalue weighted by molar-refractivity contribution is 5.94. The fraction of sp³-hybridized carbons (Fsp3) is 0.500. The van der Waals surface area contributed by atoms with Crippen LogP contribution < -0.4 is 10.1 Å². The summed E-state index contributed by atoms with van der Waals surface area (Å²) in [6, 6.07) is 4.62. The predicted octanol–water partition coefficient (Wildman–Crippen LogP) is 1.56. The fourth-order valence-corrected chi connectivity index (χ4v) is 2.14. The standard InChI is InChI=1S/C14H19NO4/c1-18-13-5-4-11(7-12(13)16)14(17)15-8-10-3-2-6-19-9-10/h4-5,7,10,16H,2-3,6,8-9H2,1H3,(H,15,17). The van der Waals surface area contributed by atoms with Crippen LogP contribution in [0.25, 0.3) is 0 Å². The highest BCUT2D eigenvalue weighted by atomic mass is 16.5. The van der Waals surface area contributed by atoms with Gasteiger partial charge in [0.2, 0.25) is 0 Å². The zero-order valence-electron chi connectivity index (χ0n) is 11.0. The monoisotopic (exact) mass is 265 g/mol. The largest absolute Gasteiger partial charge is 0.504 e. The summed E-state index contributed by atoms with van der Waals surface area (Å²) < 4.78 is 10.3. The Bertz CT molecular complexity index is 441. The number of carbonyl (C=O) groups is 1. The summed E-state index contributed by atoms with van der Waals surface area (Å²) in [5, 5.41) is 12.5. The van der Waals surface area contributed by atoms with E-state index >= 15 is 0 Å². The quantitative estimate of drug-likeness (QED) is 0.867. The summed E-state index contributed by atoms with van der Waals surface area (Å²) in [6.07, 6.45) is 2.12. The van der Waals surface area contributed by atoms with Crippen molar-refractivity contribution in [1.82, 2.24) is 5.32 Å². The van der Waals surface area contributed by atoms with Crippen LogP contribution >= 0.6 is 0 Å². The highest BCUT2D eigenvalue weighted by Crippen LogP contribution is 2.26. The molecule has 104 valence electrons. The van der Waals surface area contributed by atoms with Crippen LogP contribution in [0.5, 0.6) is 11.5 Å². The third kappa shape index (κ3) is 3.61. The smallest absolute Gasteiger partial charge is 0.251 e. The van der Waals surface area contributed by atoms with Gasteiger partial charge in [-0.3, -0.25) is 4.79 Å². The number of benzene rings is 1. The van der Waals surface area contributed by atoms with Crippen LogP contribution in [0.15, 0.2) is 18.2 Å². The minimum atomic E-state index is -0.191. The summed E-state index contributed by atoms with van der Waals surface area (Å²) in [6.45, 7) is 2.12. The van der Waals surface area contributed by atoms with Crippen molar-refractivity contribution in [2.75, 3.05) is 26.9 Å². The summed E-state index contributed by atoms with van der Waals surface area (Å²) in [7, 11) is 1.47. The van der Waals surface area contributed by atoms with E-state index in [1.807, 2.05) is 0 Å². The van der Waals surface area contributed by atoms with Gasteiger partial charge in [-0.2, -0.15) is 0 Å². The number of nitrogens with one attached hydrogen (secondary N) is 1. The van der Waals surface area contributed by atoms with Crippen molar-refractivity contribution in [2.24, 2.45) is 5.92 Å². The molecule has 5 nitrogen and oxygen atoms in total. The molecule has 5 heteroatoms. The Balaban J connectivity index is 1.90. The molecule has 0 saturated carbocycles. The van der Waals surface area contributed by atoms with Gasteiger partial charge in [-0.1, -0.05) is 0 Å². The molecule has 0 aromatic heterocycles. The zero-order valence-corrected chi connectivity index (χ0v) is 11.0. The van der Waals surface area contributed by atoms with Crippen molar-refractivity contribution < 1.29 is 19.4 Å². The Hall–Kier alpha value is -1.75. The van der Waals surface area contributed by atoms with Crippen molar-refractivity contribution >= 4 is 5.91 Å². The zero-order chi connectivity index (χ0) is 13.7. The van der Waals surface area contributed by atoms with Crippen molar-refractivity contribution in [3.8, 4) is 11.5 Å². The third-order valence-electron chi connectivity index (χ3n) is 3.25. The molecule has 1 aliphatic heterocycles. The van der Waals surface area contributed by atoms with Crippen LogP contribution in [0.3, 0.4) is 0 Å². The van der Waals surface area contributed by atoms with E-state index in [0.29, 0.717) is 30.4 Å². The topological polar surface area (TPSA) is 67.8 Å². The number of rotatable bonds is 4. The molecular weight excluding hydrogens is 246 g/mol. The molecule has 0 radical (unpaired) electrons. The van der Waals surface area contributed by atoms with Crippen LogP contribution in [0.1, 0.15) is 23.2 Å². The van der Waals surface area contributed by atoms with Crippen LogP contribution in [0, 0.1) is 5.92 Å². The second kappa shape index (κ2) is 6.43. The molecule has 0 aliphatic carbocycles. The molecular formula is C14H19NO4. The summed E-state index contributed by atoms with van der Waals surface area (Å²) in [5.41, 5.74) is 0.426. The minimum absolute atomic E-state index is 0.0313. The van der Waals surface area contributed by atoms with Crippen LogP contribution in [-0.4, -0.2) is 37.9 Å². The van der Waals surface area contributed by atoms with E-state index in [4.69, 9.17) is 9.47 Å². The molecule has 1 atom stereocenters. The van der Waals surface area contributed by atoms with E-state index in [1.165, 1.54) is 13.2 Å². The van der Waals surface area contributed by atoms with E-state index in [0.717, 1.165) is 19.4 Å². The Morgan fingerprint density at radius 3 is 3.05 bits per heavy atom. The second-order valence-electron chi connectivity index (χ2n) is 4.68. The number of hydrogen-bond donors (Lipinski definition) is 2. The van der Waals surface area contributed by atoms with E-state index in [2.05, 4.69) is 5.32 Å². The molecule has 1 fully saturated rings. The number of amides is 1. The SMILES string of the molecule is COc1ccc(C(=O)NCC2CCCOC2)cc1O. The Morgan fingerprint density at radius 1 is 1.58 bits per heavy atom. The number of methoxy groups -OCH3 is 1. The van der Waals surface area contributed by atoms with E-state index in [9.17, 15) is 9.90 Å². The van der Waals surface area contributed by atoms with Gasteiger partial charge in [0.15, 0.2) is 11.5 Å². The molecule has 1 aliphatic rings. The van der Waals surface area contributed by atoms with E-state index in [1.54, 1.807) is 12.1 Å². The highest BCUT2D eigenvalue weighted by Gasteiger charge is 2.16. The van der Waals surface area contributed by atoms with Gasteiger partial charge in [-0.15, -0.1) is 0 Å². The normalized spacial score (nSPS) is 18.9. The molecule has 0 bridgehead atoms. The summed E-state index contributed by atoms with van der Waals surface area (Å²) in [5.74, 6) is 0.515. The van der Waals surface area contributed by atoms with Gasteiger partial charge < -0.3 is 19.9 Å². The van der Waals surface area contributed by atoms with Gasteiger partial charge in [0.1, 0.15) is 0 Å². The van der Waals surface area contributed by atoms with Gasteiger partial charge in [-0.25, -0.2) is 0 Å². The maximum atomic E-state index is 11.9. The number of phenols is 1. The van der Waals surface area contributed by atoms with Gasteiger partial charge in [-0.05, 0) is 37.0 Å². The molecule has 1 aromatic rings. The lowest BCUT2D eigenvalue weighted by Gasteiger charge is -2.22. The van der Waals surface area contributed by atoms with Crippen LogP contribution in [0.4, 0.5) is 0 Å². The minimum Gasteiger partial charge on any atom is -0.504 e. The van der Waals surface area contributed by atoms with Crippen LogP contribution in [0.2, 0.25) is 0 Å². The number of aromatic hydroxyl groups is 1. The molecule has 1 aromatic carbocycles. The Kier molecular flexibility index (Phi) is 4.63. The molecule has 1 unspecified atom stereocenters. The lowest BCUT2D eigenvalue weighted by atomic mass is 10.0. The lowest BCUT2D eigenvalue weighted by molar-refractivity contribution is 0.0536. The first-order chi connectivity index (χ1) is 9.20. The summed E-state index contributed by atoms with van der Waals surface area (Å²) >= 11 is 0. The second-order valence-corrected chi connectivity index (χ2v) is 4.68. The number of ether oxygens (including phenoxy) is 2. The average Bonchev–Trinajstić information content (AvgIpc) is 2.45. The first kappa shape index (κ1) is 13.7. The first-order valence-corrected chi connectivity index (χ1v) is 6.43. The predicted molar refractivity (Wildman–Crippen MR) is 70.5 cm³/mol. The maximum absolute atomic E-state index is 11.9. The number of carbonyl (C=O) groups excluding carboxylic acids is 1. The Morgan fingerprint density at radius 2 is 2.42 bits per heavy atom. The molecule has 1 heterocycles. The first-order valence-electron chi connectivity index (χ1n) is 6.43. The number of phenolic OH excluding ortho intramolecular Hbond substituents is 1. The lowest BCUT2D eigenvalue weighted by Crippen LogP contribution is -2.33. The fourth-order valence-electron chi connectivity index (χ4n) is 2.14. The maximum Gasteiger partial charge on any atom is 0.251 e. The van der Waals surface area contributed by atoms with Crippen molar-refractivity contribution in [2.45, 2.75) is 12.8 Å². The van der Waals surface area contributed by atoms with Gasteiger partial charge in [0, 0.05) is 18.7 Å². The molecule has 19 heavy (non-hydrogen) atoms. The van der Waals surface area contributed by atoms with Crippen LogP contribution in [-0.2, 0) is 4.74 Å². The average molecular weight is 265 g/mol. The van der Waals surface area contributed by atoms with E-state index < -0.39 is 0 Å². The van der Waals surface area contributed by atoms with Gasteiger partial charge >= 0.3 is 0 Å². The van der Waals surface area contributed by atoms with Gasteiger partial charge in [0.25, 0.3) is 5.91 Å². The molecule has 1 amide bonds. The third-order valence-corrected chi connectivity index (χ3v) is 3.25. The van der Waals surface area contributed by atoms with Crippen molar-refractivity contribution in [3.05, 3.63) is 23.8 Å². The molecule has 1 saturated heterocycles.